The van der Waals surface area contributed by atoms with Crippen molar-refractivity contribution in [2.45, 2.75) is 51.9 Å². The molecule has 0 unspecified atom stereocenters. The average molecular weight is 406 g/mol. The SMILES string of the molecule is Cc1nccn1-c1ccc(Oc2ccc(NC(=O)CCC3CCCCC3)cc2)nn1. The second-order valence-corrected chi connectivity index (χ2v) is 7.79. The third-order valence-corrected chi connectivity index (χ3v) is 5.56. The molecule has 7 nitrogen and oxygen atoms in total. The van der Waals surface area contributed by atoms with Crippen LogP contribution in [0.25, 0.3) is 5.82 Å². The maximum Gasteiger partial charge on any atom is 0.238 e. The minimum atomic E-state index is 0.0745. The Morgan fingerprint density at radius 3 is 2.57 bits per heavy atom. The molecule has 156 valence electrons. The molecule has 1 amide bonds. The summed E-state index contributed by atoms with van der Waals surface area (Å²) in [6.45, 7) is 1.91. The van der Waals surface area contributed by atoms with Crippen LogP contribution in [0.4, 0.5) is 5.69 Å². The molecule has 0 aliphatic heterocycles. The number of nitrogens with zero attached hydrogens (tertiary/aromatic N) is 4. The summed E-state index contributed by atoms with van der Waals surface area (Å²) >= 11 is 0. The van der Waals surface area contributed by atoms with Gasteiger partial charge in [-0.25, -0.2) is 4.98 Å². The number of carbonyl (C=O) groups excluding carboxylic acids is 1. The Bertz CT molecular complexity index is 960. The second-order valence-electron chi connectivity index (χ2n) is 7.79. The number of aromatic nitrogens is 4. The van der Waals surface area contributed by atoms with Gasteiger partial charge in [-0.2, -0.15) is 0 Å². The van der Waals surface area contributed by atoms with Crippen LogP contribution in [0, 0.1) is 12.8 Å². The molecule has 7 heteroatoms. The van der Waals surface area contributed by atoms with Crippen LogP contribution in [0.5, 0.6) is 11.6 Å². The van der Waals surface area contributed by atoms with Gasteiger partial charge >= 0.3 is 0 Å². The molecule has 2 aromatic heterocycles. The normalized spacial score (nSPS) is 14.4. The fourth-order valence-corrected chi connectivity index (χ4v) is 3.88. The van der Waals surface area contributed by atoms with E-state index < -0.39 is 0 Å². The smallest absolute Gasteiger partial charge is 0.238 e. The molecule has 1 aliphatic rings. The number of hydrogen-bond donors (Lipinski definition) is 1. The quantitative estimate of drug-likeness (QED) is 0.594. The van der Waals surface area contributed by atoms with Gasteiger partial charge in [-0.15, -0.1) is 10.2 Å². The van der Waals surface area contributed by atoms with Gasteiger partial charge in [-0.1, -0.05) is 32.1 Å². The molecule has 3 aromatic rings. The first kappa shape index (κ1) is 20.1. The first-order valence-electron chi connectivity index (χ1n) is 10.6. The highest BCUT2D eigenvalue weighted by atomic mass is 16.5. The van der Waals surface area contributed by atoms with E-state index in [1.165, 1.54) is 32.1 Å². The summed E-state index contributed by atoms with van der Waals surface area (Å²) < 4.78 is 7.61. The molecule has 1 N–H and O–H groups in total. The molecule has 0 atom stereocenters. The van der Waals surface area contributed by atoms with Crippen LogP contribution in [0.15, 0.2) is 48.8 Å². The number of imidazole rings is 1. The molecule has 1 aliphatic carbocycles. The van der Waals surface area contributed by atoms with E-state index in [1.54, 1.807) is 12.3 Å². The van der Waals surface area contributed by atoms with Crippen molar-refractivity contribution in [1.29, 1.82) is 0 Å². The molecule has 0 saturated heterocycles. The van der Waals surface area contributed by atoms with Gasteiger partial charge in [0.2, 0.25) is 11.8 Å². The van der Waals surface area contributed by atoms with Gasteiger partial charge in [0.05, 0.1) is 0 Å². The Balaban J connectivity index is 1.28. The summed E-state index contributed by atoms with van der Waals surface area (Å²) in [5.41, 5.74) is 0.771. The topological polar surface area (TPSA) is 81.9 Å². The Kier molecular flexibility index (Phi) is 6.37. The number of anilines is 1. The summed E-state index contributed by atoms with van der Waals surface area (Å²) in [5, 5.41) is 11.3. The number of ether oxygens (including phenoxy) is 1. The molecule has 4 rings (SSSR count). The predicted molar refractivity (Wildman–Crippen MR) is 115 cm³/mol. The molecule has 2 heterocycles. The van der Waals surface area contributed by atoms with Gasteiger partial charge in [0.25, 0.3) is 0 Å². The van der Waals surface area contributed by atoms with Crippen molar-refractivity contribution in [2.75, 3.05) is 5.32 Å². The number of benzene rings is 1. The average Bonchev–Trinajstić information content (AvgIpc) is 3.21. The first-order valence-corrected chi connectivity index (χ1v) is 10.6. The zero-order valence-corrected chi connectivity index (χ0v) is 17.3. The Morgan fingerprint density at radius 2 is 1.90 bits per heavy atom. The molecular formula is C23H27N5O2. The summed E-state index contributed by atoms with van der Waals surface area (Å²) in [5.74, 6) is 3.35. The van der Waals surface area contributed by atoms with Gasteiger partial charge in [-0.05, 0) is 49.6 Å². The molecule has 0 radical (unpaired) electrons. The van der Waals surface area contributed by atoms with Crippen LogP contribution >= 0.6 is 0 Å². The van der Waals surface area contributed by atoms with E-state index in [1.807, 2.05) is 48.0 Å². The fourth-order valence-electron chi connectivity index (χ4n) is 3.88. The molecule has 1 fully saturated rings. The van der Waals surface area contributed by atoms with Crippen LogP contribution in [0.3, 0.4) is 0 Å². The third kappa shape index (κ3) is 5.23. The minimum absolute atomic E-state index is 0.0745. The van der Waals surface area contributed by atoms with Gasteiger partial charge < -0.3 is 10.1 Å². The van der Waals surface area contributed by atoms with E-state index in [9.17, 15) is 4.79 Å². The number of rotatable bonds is 7. The predicted octanol–water partition coefficient (Wildman–Crippen LogP) is 5.06. The molecule has 0 spiro atoms. The molecule has 1 aromatic carbocycles. The molecule has 1 saturated carbocycles. The van der Waals surface area contributed by atoms with Crippen molar-refractivity contribution in [2.24, 2.45) is 5.92 Å². The van der Waals surface area contributed by atoms with E-state index in [0.29, 0.717) is 29.8 Å². The summed E-state index contributed by atoms with van der Waals surface area (Å²) in [4.78, 5) is 16.4. The van der Waals surface area contributed by atoms with Crippen LogP contribution in [-0.2, 0) is 4.79 Å². The van der Waals surface area contributed by atoms with E-state index in [4.69, 9.17) is 4.74 Å². The van der Waals surface area contributed by atoms with Crippen molar-refractivity contribution in [3.63, 3.8) is 0 Å². The van der Waals surface area contributed by atoms with Crippen LogP contribution < -0.4 is 10.1 Å². The van der Waals surface area contributed by atoms with E-state index in [2.05, 4.69) is 20.5 Å². The Hall–Kier alpha value is -3.22. The zero-order valence-electron chi connectivity index (χ0n) is 17.3. The lowest BCUT2D eigenvalue weighted by atomic mass is 9.86. The number of amides is 1. The van der Waals surface area contributed by atoms with E-state index >= 15 is 0 Å². The minimum Gasteiger partial charge on any atom is -0.438 e. The van der Waals surface area contributed by atoms with Gasteiger partial charge in [-0.3, -0.25) is 9.36 Å². The summed E-state index contributed by atoms with van der Waals surface area (Å²) in [6.07, 6.45) is 11.6. The Labute approximate surface area is 176 Å². The number of carbonyl (C=O) groups is 1. The summed E-state index contributed by atoms with van der Waals surface area (Å²) in [7, 11) is 0. The number of aryl methyl sites for hydroxylation is 1. The lowest BCUT2D eigenvalue weighted by molar-refractivity contribution is -0.116. The van der Waals surface area contributed by atoms with Crippen LogP contribution in [0.1, 0.15) is 50.8 Å². The second kappa shape index (κ2) is 9.52. The monoisotopic (exact) mass is 405 g/mol. The first-order chi connectivity index (χ1) is 14.7. The van der Waals surface area contributed by atoms with Crippen molar-refractivity contribution in [3.8, 4) is 17.4 Å². The van der Waals surface area contributed by atoms with Crippen LogP contribution in [0.2, 0.25) is 0 Å². The summed E-state index contributed by atoms with van der Waals surface area (Å²) in [6, 6.07) is 10.9. The van der Waals surface area contributed by atoms with Crippen molar-refractivity contribution >= 4 is 11.6 Å². The largest absolute Gasteiger partial charge is 0.438 e. The molecule has 0 bridgehead atoms. The maximum absolute atomic E-state index is 12.2. The zero-order chi connectivity index (χ0) is 20.8. The third-order valence-electron chi connectivity index (χ3n) is 5.56. The van der Waals surface area contributed by atoms with Crippen molar-refractivity contribution < 1.29 is 9.53 Å². The standard InChI is InChI=1S/C23H27N5O2/c1-17-24-15-16-28(17)21-12-14-23(27-26-21)30-20-10-8-19(9-11-20)25-22(29)13-7-18-5-3-2-4-6-18/h8-12,14-16,18H,2-7,13H2,1H3,(H,25,29). The van der Waals surface area contributed by atoms with Crippen molar-refractivity contribution in [3.05, 3.63) is 54.6 Å². The van der Waals surface area contributed by atoms with E-state index in [0.717, 1.165) is 17.9 Å². The lowest BCUT2D eigenvalue weighted by Gasteiger charge is -2.21. The Morgan fingerprint density at radius 1 is 1.10 bits per heavy atom. The van der Waals surface area contributed by atoms with E-state index in [-0.39, 0.29) is 5.91 Å². The highest BCUT2D eigenvalue weighted by Crippen LogP contribution is 2.27. The van der Waals surface area contributed by atoms with Gasteiger partial charge in [0.15, 0.2) is 5.82 Å². The molecular weight excluding hydrogens is 378 g/mol. The lowest BCUT2D eigenvalue weighted by Crippen LogP contribution is -2.14. The molecule has 30 heavy (non-hydrogen) atoms. The number of nitrogens with one attached hydrogen (secondary N) is 1. The van der Waals surface area contributed by atoms with Crippen LogP contribution in [-0.4, -0.2) is 25.7 Å². The van der Waals surface area contributed by atoms with Gasteiger partial charge in [0.1, 0.15) is 11.6 Å². The van der Waals surface area contributed by atoms with Gasteiger partial charge in [0, 0.05) is 30.6 Å². The highest BCUT2D eigenvalue weighted by molar-refractivity contribution is 5.90. The van der Waals surface area contributed by atoms with Crippen molar-refractivity contribution in [1.82, 2.24) is 19.7 Å². The maximum atomic E-state index is 12.2. The highest BCUT2D eigenvalue weighted by Gasteiger charge is 2.15. The number of hydrogen-bond acceptors (Lipinski definition) is 5. The fraction of sp³-hybridized carbons (Fsp3) is 0.391.